The summed E-state index contributed by atoms with van der Waals surface area (Å²) in [7, 11) is 0. The molecule has 2 aromatic rings. The van der Waals surface area contributed by atoms with Crippen molar-refractivity contribution in [1.82, 2.24) is 9.97 Å². The highest BCUT2D eigenvalue weighted by Crippen LogP contribution is 2.24. The maximum Gasteiger partial charge on any atom is 0.333 e. The van der Waals surface area contributed by atoms with Gasteiger partial charge in [-0.2, -0.15) is 4.57 Å². The average molecular weight is 370 g/mol. The summed E-state index contributed by atoms with van der Waals surface area (Å²) >= 11 is 13.7. The van der Waals surface area contributed by atoms with Crippen LogP contribution in [0.25, 0.3) is 0 Å². The maximum atomic E-state index is 9.08. The molecule has 3 N–H and O–H groups in total. The van der Waals surface area contributed by atoms with Crippen LogP contribution in [0.4, 0.5) is 5.82 Å². The van der Waals surface area contributed by atoms with Crippen molar-refractivity contribution < 1.29 is 22.1 Å². The Morgan fingerprint density at radius 3 is 2.76 bits per heavy atom. The normalized spacial score (nSPS) is 10.5. The fourth-order valence-corrected chi connectivity index (χ4v) is 3.69. The van der Waals surface area contributed by atoms with Crippen LogP contribution >= 0.6 is 34.5 Å². The Kier molecular flexibility index (Phi) is 7.09. The van der Waals surface area contributed by atoms with E-state index in [-0.39, 0.29) is 19.0 Å². The van der Waals surface area contributed by atoms with Crippen molar-refractivity contribution >= 4 is 40.4 Å². The summed E-state index contributed by atoms with van der Waals surface area (Å²) in [6, 6.07) is 0. The van der Waals surface area contributed by atoms with Crippen LogP contribution in [0.2, 0.25) is 4.47 Å². The van der Waals surface area contributed by atoms with E-state index in [1.54, 1.807) is 13.1 Å². The lowest BCUT2D eigenvalue weighted by molar-refractivity contribution is -0.688. The molecule has 0 bridgehead atoms. The lowest BCUT2D eigenvalue weighted by atomic mass is 10.2. The van der Waals surface area contributed by atoms with Crippen molar-refractivity contribution in [2.24, 2.45) is 0 Å². The van der Waals surface area contributed by atoms with E-state index in [0.717, 1.165) is 16.1 Å². The molecule has 0 fully saturated rings. The van der Waals surface area contributed by atoms with Gasteiger partial charge in [0.15, 0.2) is 6.54 Å². The Hall–Kier alpha value is -0.660. The number of nitrogens with zero attached hydrogens (tertiary/aromatic N) is 3. The molecule has 0 unspecified atom stereocenters. The van der Waals surface area contributed by atoms with E-state index in [4.69, 9.17) is 34.0 Å². The molecule has 0 atom stereocenters. The highest BCUT2D eigenvalue weighted by Gasteiger charge is 2.25. The summed E-state index contributed by atoms with van der Waals surface area (Å²) in [5, 5.41) is 9.08. The smallest absolute Gasteiger partial charge is 0.333 e. The molecule has 9 heteroatoms. The molecule has 0 aliphatic heterocycles. The first-order chi connectivity index (χ1) is 9.56. The van der Waals surface area contributed by atoms with Crippen molar-refractivity contribution in [2.75, 3.05) is 12.3 Å². The maximum absolute atomic E-state index is 9.08. The second-order valence-corrected chi connectivity index (χ2v) is 6.18. The van der Waals surface area contributed by atoms with Crippen molar-refractivity contribution in [3.63, 3.8) is 0 Å². The minimum Gasteiger partial charge on any atom is -1.00 e. The first-order valence-corrected chi connectivity index (χ1v) is 7.74. The van der Waals surface area contributed by atoms with E-state index in [9.17, 15) is 0 Å². The molecule has 0 amide bonds. The summed E-state index contributed by atoms with van der Waals surface area (Å²) < 4.78 is 2.48. The zero-order chi connectivity index (χ0) is 14.7. The van der Waals surface area contributed by atoms with Crippen LogP contribution in [0.15, 0.2) is 6.20 Å². The molecular weight excluding hydrogens is 355 g/mol. The monoisotopic (exact) mass is 368 g/mol. The molecule has 0 radical (unpaired) electrons. The van der Waals surface area contributed by atoms with Crippen LogP contribution in [0.3, 0.4) is 0 Å². The van der Waals surface area contributed by atoms with Crippen molar-refractivity contribution in [1.29, 1.82) is 0 Å². The molecular formula is C12H15Cl3N4OS. The Morgan fingerprint density at radius 2 is 2.19 bits per heavy atom. The van der Waals surface area contributed by atoms with E-state index in [1.165, 1.54) is 11.3 Å². The SMILES string of the molecule is Cc1ncc(C[n+]2c(Cl)sc(CCO)c2CCl)c(N)n1.[Cl-]. The quantitative estimate of drug-likeness (QED) is 0.507. The van der Waals surface area contributed by atoms with Crippen molar-refractivity contribution in [3.05, 3.63) is 32.6 Å². The minimum atomic E-state index is 0. The Morgan fingerprint density at radius 1 is 1.48 bits per heavy atom. The van der Waals surface area contributed by atoms with Gasteiger partial charge < -0.3 is 23.2 Å². The average Bonchev–Trinajstić information content (AvgIpc) is 2.69. The van der Waals surface area contributed by atoms with Crippen molar-refractivity contribution in [3.8, 4) is 0 Å². The number of hydrogen-bond donors (Lipinski definition) is 2. The van der Waals surface area contributed by atoms with Gasteiger partial charge in [0, 0.05) is 30.8 Å². The van der Waals surface area contributed by atoms with Crippen LogP contribution in [0.5, 0.6) is 0 Å². The van der Waals surface area contributed by atoms with Gasteiger partial charge in [-0.1, -0.05) is 11.3 Å². The molecule has 116 valence electrons. The number of anilines is 1. The molecule has 0 aliphatic carbocycles. The van der Waals surface area contributed by atoms with Gasteiger partial charge in [0.25, 0.3) is 0 Å². The van der Waals surface area contributed by atoms with Crippen LogP contribution in [0, 0.1) is 6.92 Å². The first kappa shape index (κ1) is 18.4. The van der Waals surface area contributed by atoms with E-state index in [0.29, 0.717) is 35.0 Å². The summed E-state index contributed by atoms with van der Waals surface area (Å²) in [5.74, 6) is 1.40. The van der Waals surface area contributed by atoms with Crippen LogP contribution in [0.1, 0.15) is 22.0 Å². The second kappa shape index (κ2) is 8.10. The number of halogens is 3. The zero-order valence-electron chi connectivity index (χ0n) is 11.3. The lowest BCUT2D eigenvalue weighted by Gasteiger charge is -2.03. The molecule has 0 aromatic carbocycles. The Balaban J connectivity index is 0.00000220. The molecule has 21 heavy (non-hydrogen) atoms. The number of hydrogen-bond acceptors (Lipinski definition) is 5. The minimum absolute atomic E-state index is 0. The fraction of sp³-hybridized carbons (Fsp3) is 0.417. The highest BCUT2D eigenvalue weighted by molar-refractivity contribution is 7.15. The van der Waals surface area contributed by atoms with E-state index < -0.39 is 0 Å². The molecule has 2 heterocycles. The number of rotatable bonds is 5. The number of aliphatic hydroxyl groups is 1. The number of alkyl halides is 1. The van der Waals surface area contributed by atoms with Gasteiger partial charge in [-0.3, -0.25) is 0 Å². The van der Waals surface area contributed by atoms with Crippen molar-refractivity contribution in [2.45, 2.75) is 25.8 Å². The predicted octanol–water partition coefficient (Wildman–Crippen LogP) is -1.30. The van der Waals surface area contributed by atoms with Crippen LogP contribution in [-0.2, 0) is 18.8 Å². The molecule has 0 aliphatic rings. The molecule has 0 spiro atoms. The van der Waals surface area contributed by atoms with Gasteiger partial charge in [-0.05, 0) is 6.92 Å². The van der Waals surface area contributed by atoms with E-state index in [1.807, 2.05) is 4.57 Å². The van der Waals surface area contributed by atoms with Gasteiger partial charge in [-0.25, -0.2) is 9.97 Å². The van der Waals surface area contributed by atoms with Gasteiger partial charge in [0.1, 0.15) is 17.5 Å². The van der Waals surface area contributed by atoms with Gasteiger partial charge >= 0.3 is 4.47 Å². The predicted molar refractivity (Wildman–Crippen MR) is 80.2 cm³/mol. The summed E-state index contributed by atoms with van der Waals surface area (Å²) in [6.45, 7) is 2.32. The van der Waals surface area contributed by atoms with Crippen LogP contribution < -0.4 is 22.7 Å². The molecule has 5 nitrogen and oxygen atoms in total. The second-order valence-electron chi connectivity index (χ2n) is 4.25. The molecule has 2 rings (SSSR count). The summed E-state index contributed by atoms with van der Waals surface area (Å²) in [5.41, 5.74) is 7.59. The standard InChI is InChI=1S/C12H15Cl2N4OS.ClH/c1-7-16-5-8(11(15)17-7)6-18-9(4-13)10(2-3-19)20-12(18)14;/h5,19H,2-4,6H2,1H3,(H2,15,16,17);1H/q+1;/p-1. The Bertz CT molecular complexity index is 621. The number of nitrogen functional groups attached to an aromatic ring is 1. The van der Waals surface area contributed by atoms with E-state index >= 15 is 0 Å². The number of thiazole rings is 1. The molecule has 2 aromatic heterocycles. The largest absolute Gasteiger partial charge is 1.00 e. The Labute approximate surface area is 143 Å². The number of aryl methyl sites for hydroxylation is 1. The third-order valence-corrected chi connectivity index (χ3v) is 4.64. The number of aliphatic hydroxyl groups excluding tert-OH is 1. The number of nitrogens with two attached hydrogens (primary N) is 1. The third kappa shape index (κ3) is 4.17. The third-order valence-electron chi connectivity index (χ3n) is 2.88. The van der Waals surface area contributed by atoms with Gasteiger partial charge in [0.2, 0.25) is 5.69 Å². The molecule has 0 saturated carbocycles. The number of aromatic nitrogens is 3. The zero-order valence-corrected chi connectivity index (χ0v) is 14.4. The van der Waals surface area contributed by atoms with Crippen LogP contribution in [-0.4, -0.2) is 21.7 Å². The lowest BCUT2D eigenvalue weighted by Crippen LogP contribution is -3.00. The highest BCUT2D eigenvalue weighted by atomic mass is 35.5. The topological polar surface area (TPSA) is 75.9 Å². The summed E-state index contributed by atoms with van der Waals surface area (Å²) in [4.78, 5) is 9.27. The molecule has 0 saturated heterocycles. The fourth-order valence-electron chi connectivity index (χ4n) is 1.88. The van der Waals surface area contributed by atoms with Gasteiger partial charge in [0.05, 0.1) is 10.4 Å². The van der Waals surface area contributed by atoms with E-state index in [2.05, 4.69) is 9.97 Å². The van der Waals surface area contributed by atoms with Gasteiger partial charge in [-0.15, -0.1) is 11.6 Å². The summed E-state index contributed by atoms with van der Waals surface area (Å²) in [6.07, 6.45) is 2.24. The first-order valence-electron chi connectivity index (χ1n) is 6.01.